The van der Waals surface area contributed by atoms with Crippen molar-refractivity contribution in [1.29, 1.82) is 0 Å². The first-order chi connectivity index (χ1) is 13.5. The maximum atomic E-state index is 13.2. The van der Waals surface area contributed by atoms with E-state index in [1.54, 1.807) is 0 Å². The highest BCUT2D eigenvalue weighted by molar-refractivity contribution is 5.82. The Bertz CT molecular complexity index is 953. The van der Waals surface area contributed by atoms with Crippen LogP contribution in [0.5, 0.6) is 5.75 Å². The van der Waals surface area contributed by atoms with Gasteiger partial charge in [-0.15, -0.1) is 0 Å². The number of hydrogen-bond acceptors (Lipinski definition) is 4. The SMILES string of the molecule is COc1cc2onc(C(F)(F)F)c2cc1CN1CCCCC1c1ccccc1. The molecule has 0 N–H and O–H groups in total. The Balaban J connectivity index is 1.71. The van der Waals surface area contributed by atoms with Gasteiger partial charge in [0, 0.05) is 24.2 Å². The lowest BCUT2D eigenvalue weighted by molar-refractivity contribution is -0.141. The number of likely N-dealkylation sites (tertiary alicyclic amines) is 1. The molecule has 1 unspecified atom stereocenters. The number of halogens is 3. The molecular weight excluding hydrogens is 369 g/mol. The highest BCUT2D eigenvalue weighted by Crippen LogP contribution is 2.38. The van der Waals surface area contributed by atoms with E-state index in [0.29, 0.717) is 17.9 Å². The number of aromatic nitrogens is 1. The number of methoxy groups -OCH3 is 1. The van der Waals surface area contributed by atoms with Gasteiger partial charge < -0.3 is 9.26 Å². The van der Waals surface area contributed by atoms with Crippen LogP contribution < -0.4 is 4.74 Å². The van der Waals surface area contributed by atoms with E-state index in [4.69, 9.17) is 9.26 Å². The summed E-state index contributed by atoms with van der Waals surface area (Å²) in [5.74, 6) is 0.509. The lowest BCUT2D eigenvalue weighted by Crippen LogP contribution is -2.33. The molecule has 4 rings (SSSR count). The molecule has 1 aliphatic heterocycles. The fourth-order valence-corrected chi connectivity index (χ4v) is 3.98. The van der Waals surface area contributed by atoms with Crippen molar-refractivity contribution in [3.8, 4) is 5.75 Å². The minimum atomic E-state index is -4.56. The Morgan fingerprint density at radius 2 is 1.96 bits per heavy atom. The smallest absolute Gasteiger partial charge is 0.437 e. The van der Waals surface area contributed by atoms with Gasteiger partial charge in [-0.05, 0) is 31.0 Å². The van der Waals surface area contributed by atoms with Gasteiger partial charge >= 0.3 is 6.18 Å². The van der Waals surface area contributed by atoms with Crippen molar-refractivity contribution in [2.24, 2.45) is 0 Å². The summed E-state index contributed by atoms with van der Waals surface area (Å²) in [4.78, 5) is 2.31. The monoisotopic (exact) mass is 390 g/mol. The van der Waals surface area contributed by atoms with Crippen molar-refractivity contribution in [1.82, 2.24) is 10.1 Å². The van der Waals surface area contributed by atoms with E-state index >= 15 is 0 Å². The van der Waals surface area contributed by atoms with Gasteiger partial charge in [0.2, 0.25) is 0 Å². The largest absolute Gasteiger partial charge is 0.496 e. The maximum absolute atomic E-state index is 13.2. The molecule has 1 aliphatic rings. The predicted octanol–water partition coefficient (Wildman–Crippen LogP) is 5.58. The number of nitrogens with zero attached hydrogens (tertiary/aromatic N) is 2. The summed E-state index contributed by atoms with van der Waals surface area (Å²) in [5, 5.41) is 3.19. The second-order valence-corrected chi connectivity index (χ2v) is 7.08. The molecule has 0 radical (unpaired) electrons. The molecule has 1 fully saturated rings. The van der Waals surface area contributed by atoms with E-state index < -0.39 is 11.9 Å². The van der Waals surface area contributed by atoms with E-state index in [0.717, 1.165) is 25.8 Å². The second kappa shape index (κ2) is 7.47. The van der Waals surface area contributed by atoms with Crippen LogP contribution in [0.2, 0.25) is 0 Å². The molecule has 2 aromatic carbocycles. The van der Waals surface area contributed by atoms with Gasteiger partial charge in [-0.3, -0.25) is 4.90 Å². The van der Waals surface area contributed by atoms with Crippen LogP contribution in [0.15, 0.2) is 47.0 Å². The number of ether oxygens (including phenoxy) is 1. The number of fused-ring (bicyclic) bond motifs is 1. The topological polar surface area (TPSA) is 38.5 Å². The van der Waals surface area contributed by atoms with Crippen LogP contribution >= 0.6 is 0 Å². The molecule has 0 bridgehead atoms. The second-order valence-electron chi connectivity index (χ2n) is 7.08. The Morgan fingerprint density at radius 3 is 2.68 bits per heavy atom. The Labute approximate surface area is 160 Å². The zero-order chi connectivity index (χ0) is 19.7. The van der Waals surface area contributed by atoms with Crippen LogP contribution in [0.1, 0.15) is 42.1 Å². The lowest BCUT2D eigenvalue weighted by Gasteiger charge is -2.36. The van der Waals surface area contributed by atoms with Crippen molar-refractivity contribution < 1.29 is 22.4 Å². The number of piperidine rings is 1. The molecule has 28 heavy (non-hydrogen) atoms. The molecule has 0 saturated carbocycles. The van der Waals surface area contributed by atoms with Crippen molar-refractivity contribution in [2.45, 2.75) is 38.0 Å². The van der Waals surface area contributed by atoms with Gasteiger partial charge in [-0.2, -0.15) is 13.2 Å². The molecular formula is C21H21F3N2O2. The Kier molecular flexibility index (Phi) is 5.02. The molecule has 2 heterocycles. The van der Waals surface area contributed by atoms with E-state index in [9.17, 15) is 13.2 Å². The highest BCUT2D eigenvalue weighted by atomic mass is 19.4. The Hall–Kier alpha value is -2.54. The van der Waals surface area contributed by atoms with Crippen LogP contribution in [-0.2, 0) is 12.7 Å². The lowest BCUT2D eigenvalue weighted by atomic mass is 9.94. The minimum absolute atomic E-state index is 0.0310. The highest BCUT2D eigenvalue weighted by Gasteiger charge is 2.37. The van der Waals surface area contributed by atoms with Crippen molar-refractivity contribution in [2.75, 3.05) is 13.7 Å². The van der Waals surface area contributed by atoms with Crippen molar-refractivity contribution in [3.05, 3.63) is 59.3 Å². The molecule has 7 heteroatoms. The fourth-order valence-electron chi connectivity index (χ4n) is 3.98. The average Bonchev–Trinajstić information content (AvgIpc) is 3.11. The van der Waals surface area contributed by atoms with E-state index in [1.165, 1.54) is 24.8 Å². The summed E-state index contributed by atoms with van der Waals surface area (Å²) in [7, 11) is 1.51. The molecule has 0 spiro atoms. The summed E-state index contributed by atoms with van der Waals surface area (Å²) < 4.78 is 50.1. The van der Waals surface area contributed by atoms with Gasteiger partial charge in [0.25, 0.3) is 0 Å². The maximum Gasteiger partial charge on any atom is 0.437 e. The zero-order valence-corrected chi connectivity index (χ0v) is 15.5. The summed E-state index contributed by atoms with van der Waals surface area (Å²) >= 11 is 0. The summed E-state index contributed by atoms with van der Waals surface area (Å²) in [6, 6.07) is 13.5. The third-order valence-corrected chi connectivity index (χ3v) is 5.31. The first-order valence-electron chi connectivity index (χ1n) is 9.30. The minimum Gasteiger partial charge on any atom is -0.496 e. The van der Waals surface area contributed by atoms with Crippen LogP contribution in [-0.4, -0.2) is 23.7 Å². The number of rotatable bonds is 4. The molecule has 148 valence electrons. The first-order valence-corrected chi connectivity index (χ1v) is 9.30. The van der Waals surface area contributed by atoms with Crippen LogP contribution in [0, 0.1) is 0 Å². The third kappa shape index (κ3) is 3.58. The summed E-state index contributed by atoms with van der Waals surface area (Å²) in [6.45, 7) is 1.39. The molecule has 1 saturated heterocycles. The fraction of sp³-hybridized carbons (Fsp3) is 0.381. The molecule has 1 atom stereocenters. The number of alkyl halides is 3. The van der Waals surface area contributed by atoms with E-state index in [1.807, 2.05) is 18.2 Å². The molecule has 0 amide bonds. The van der Waals surface area contributed by atoms with Gasteiger partial charge in [0.1, 0.15) is 5.75 Å². The summed E-state index contributed by atoms with van der Waals surface area (Å²) in [5.41, 5.74) is 1.01. The van der Waals surface area contributed by atoms with Crippen molar-refractivity contribution >= 4 is 11.0 Å². The van der Waals surface area contributed by atoms with Crippen LogP contribution in [0.4, 0.5) is 13.2 Å². The van der Waals surface area contributed by atoms with Crippen molar-refractivity contribution in [3.63, 3.8) is 0 Å². The van der Waals surface area contributed by atoms with Gasteiger partial charge in [-0.25, -0.2) is 0 Å². The molecule has 3 aromatic rings. The third-order valence-electron chi connectivity index (χ3n) is 5.31. The molecule has 1 aromatic heterocycles. The Morgan fingerprint density at radius 1 is 1.18 bits per heavy atom. The first kappa shape index (κ1) is 18.8. The summed E-state index contributed by atoms with van der Waals surface area (Å²) in [6.07, 6.45) is -1.34. The van der Waals surface area contributed by atoms with Gasteiger partial charge in [-0.1, -0.05) is 41.9 Å². The number of benzene rings is 2. The van der Waals surface area contributed by atoms with Crippen LogP contribution in [0.25, 0.3) is 11.0 Å². The average molecular weight is 390 g/mol. The van der Waals surface area contributed by atoms with Gasteiger partial charge in [0.15, 0.2) is 11.3 Å². The number of hydrogen-bond donors (Lipinski definition) is 0. The standard InChI is InChI=1S/C21H21F3N2O2/c1-27-18-12-19-16(20(25-28-19)21(22,23)24)11-15(18)13-26-10-6-5-9-17(26)14-7-3-2-4-8-14/h2-4,7-8,11-12,17H,5-6,9-10,13H2,1H3. The molecule has 0 aliphatic carbocycles. The normalized spacial score (nSPS) is 18.5. The molecule has 4 nitrogen and oxygen atoms in total. The van der Waals surface area contributed by atoms with Gasteiger partial charge in [0.05, 0.1) is 12.5 Å². The zero-order valence-electron chi connectivity index (χ0n) is 15.5. The van der Waals surface area contributed by atoms with Crippen LogP contribution in [0.3, 0.4) is 0 Å². The van der Waals surface area contributed by atoms with E-state index in [2.05, 4.69) is 22.2 Å². The quantitative estimate of drug-likeness (QED) is 0.583. The predicted molar refractivity (Wildman–Crippen MR) is 99.0 cm³/mol. The van der Waals surface area contributed by atoms with E-state index in [-0.39, 0.29) is 17.0 Å².